The molecule has 0 aromatic carbocycles. The van der Waals surface area contributed by atoms with Gasteiger partial charge < -0.3 is 20.9 Å². The van der Waals surface area contributed by atoms with E-state index in [1.807, 2.05) is 0 Å². The quantitative estimate of drug-likeness (QED) is 0.655. The Bertz CT molecular complexity index is 253. The van der Waals surface area contributed by atoms with E-state index >= 15 is 0 Å². The number of carbonyl (C=O) groups excluding carboxylic acids is 1. The van der Waals surface area contributed by atoms with Crippen molar-refractivity contribution in [1.82, 2.24) is 20.9 Å². The number of likely N-dealkylation sites (N-methyl/N-ethyl adjacent to an activating group) is 1. The first kappa shape index (κ1) is 12.6. The highest BCUT2D eigenvalue weighted by Crippen LogP contribution is 2.13. The molecule has 0 aliphatic carbocycles. The molecule has 3 N–H and O–H groups in total. The lowest BCUT2D eigenvalue weighted by molar-refractivity contribution is 0.233. The Morgan fingerprint density at radius 3 is 2.76 bits per heavy atom. The molecule has 0 spiro atoms. The van der Waals surface area contributed by atoms with Crippen LogP contribution in [0.25, 0.3) is 0 Å². The van der Waals surface area contributed by atoms with E-state index in [1.165, 1.54) is 25.7 Å². The van der Waals surface area contributed by atoms with Crippen LogP contribution in [0, 0.1) is 0 Å². The molecule has 5 heteroatoms. The second-order valence-corrected chi connectivity index (χ2v) is 5.16. The second-order valence-electron chi connectivity index (χ2n) is 5.16. The first-order chi connectivity index (χ1) is 8.25. The summed E-state index contributed by atoms with van der Waals surface area (Å²) in [5, 5.41) is 9.26. The van der Waals surface area contributed by atoms with Crippen molar-refractivity contribution in [2.75, 3.05) is 33.2 Å². The van der Waals surface area contributed by atoms with Crippen molar-refractivity contribution in [1.29, 1.82) is 0 Å². The van der Waals surface area contributed by atoms with E-state index in [9.17, 15) is 4.79 Å². The maximum Gasteiger partial charge on any atom is 0.314 e. The Balaban J connectivity index is 1.57. The van der Waals surface area contributed by atoms with Crippen LogP contribution < -0.4 is 16.0 Å². The summed E-state index contributed by atoms with van der Waals surface area (Å²) >= 11 is 0. The second kappa shape index (κ2) is 6.21. The molecule has 2 unspecified atom stereocenters. The number of rotatable bonds is 4. The predicted octanol–water partition coefficient (Wildman–Crippen LogP) is 0.132. The van der Waals surface area contributed by atoms with E-state index in [-0.39, 0.29) is 6.03 Å². The summed E-state index contributed by atoms with van der Waals surface area (Å²) in [5.41, 5.74) is 0. The summed E-state index contributed by atoms with van der Waals surface area (Å²) in [6.07, 6.45) is 4.84. The SMILES string of the molecule is CN1CCCC1CNC(=O)NCC1CCCN1. The molecule has 0 radical (unpaired) electrons. The smallest absolute Gasteiger partial charge is 0.314 e. The maximum absolute atomic E-state index is 11.6. The zero-order valence-electron chi connectivity index (χ0n) is 10.7. The minimum atomic E-state index is -0.0287. The van der Waals surface area contributed by atoms with Gasteiger partial charge in [-0.25, -0.2) is 4.79 Å². The lowest BCUT2D eigenvalue weighted by Gasteiger charge is -2.20. The summed E-state index contributed by atoms with van der Waals surface area (Å²) in [4.78, 5) is 13.9. The van der Waals surface area contributed by atoms with Crippen LogP contribution in [0.4, 0.5) is 4.79 Å². The molecule has 2 rings (SSSR count). The number of hydrogen-bond acceptors (Lipinski definition) is 3. The standard InChI is InChI=1S/C12H24N4O/c1-16-7-3-5-11(16)9-15-12(17)14-8-10-4-2-6-13-10/h10-11,13H,2-9H2,1H3,(H2,14,15,17). The third kappa shape index (κ3) is 3.85. The highest BCUT2D eigenvalue weighted by atomic mass is 16.2. The van der Waals surface area contributed by atoms with Gasteiger partial charge in [-0.05, 0) is 45.8 Å². The number of nitrogens with zero attached hydrogens (tertiary/aromatic N) is 1. The molecule has 2 atom stereocenters. The van der Waals surface area contributed by atoms with Gasteiger partial charge in [0.05, 0.1) is 0 Å². The third-order valence-electron chi connectivity index (χ3n) is 3.84. The number of hydrogen-bond donors (Lipinski definition) is 3. The largest absolute Gasteiger partial charge is 0.337 e. The summed E-state index contributed by atoms with van der Waals surface area (Å²) in [6, 6.07) is 0.958. The normalized spacial score (nSPS) is 29.5. The molecular weight excluding hydrogens is 216 g/mol. The van der Waals surface area contributed by atoms with Crippen molar-refractivity contribution < 1.29 is 4.79 Å². The average Bonchev–Trinajstić information content (AvgIpc) is 2.95. The first-order valence-electron chi connectivity index (χ1n) is 6.71. The van der Waals surface area contributed by atoms with Crippen LogP contribution in [-0.2, 0) is 0 Å². The van der Waals surface area contributed by atoms with E-state index in [1.54, 1.807) is 0 Å². The summed E-state index contributed by atoms with van der Waals surface area (Å²) in [7, 11) is 2.12. The fourth-order valence-electron chi connectivity index (χ4n) is 2.66. The van der Waals surface area contributed by atoms with Crippen LogP contribution >= 0.6 is 0 Å². The summed E-state index contributed by atoms with van der Waals surface area (Å²) in [5.74, 6) is 0. The van der Waals surface area contributed by atoms with Crippen molar-refractivity contribution in [3.8, 4) is 0 Å². The fourth-order valence-corrected chi connectivity index (χ4v) is 2.66. The molecule has 2 saturated heterocycles. The number of likely N-dealkylation sites (tertiary alicyclic amines) is 1. The van der Waals surface area contributed by atoms with Crippen LogP contribution in [-0.4, -0.2) is 56.2 Å². The highest BCUT2D eigenvalue weighted by Gasteiger charge is 2.21. The van der Waals surface area contributed by atoms with Gasteiger partial charge in [0.15, 0.2) is 0 Å². The van der Waals surface area contributed by atoms with Gasteiger partial charge in [0, 0.05) is 25.2 Å². The average molecular weight is 240 g/mol. The molecular formula is C12H24N4O. The molecule has 5 nitrogen and oxygen atoms in total. The summed E-state index contributed by atoms with van der Waals surface area (Å²) in [6.45, 7) is 3.74. The Hall–Kier alpha value is -0.810. The first-order valence-corrected chi connectivity index (χ1v) is 6.71. The van der Waals surface area contributed by atoms with Gasteiger partial charge in [0.25, 0.3) is 0 Å². The van der Waals surface area contributed by atoms with E-state index in [0.29, 0.717) is 12.1 Å². The minimum Gasteiger partial charge on any atom is -0.337 e. The van der Waals surface area contributed by atoms with E-state index < -0.39 is 0 Å². The number of nitrogens with one attached hydrogen (secondary N) is 3. The predicted molar refractivity (Wildman–Crippen MR) is 68.1 cm³/mol. The van der Waals surface area contributed by atoms with Crippen LogP contribution in [0.5, 0.6) is 0 Å². The van der Waals surface area contributed by atoms with Crippen LogP contribution in [0.2, 0.25) is 0 Å². The molecule has 2 aliphatic rings. The zero-order valence-corrected chi connectivity index (χ0v) is 10.7. The third-order valence-corrected chi connectivity index (χ3v) is 3.84. The van der Waals surface area contributed by atoms with Crippen molar-refractivity contribution in [3.05, 3.63) is 0 Å². The van der Waals surface area contributed by atoms with Gasteiger partial charge in [0.1, 0.15) is 0 Å². The topological polar surface area (TPSA) is 56.4 Å². The molecule has 0 aromatic rings. The minimum absolute atomic E-state index is 0.0287. The monoisotopic (exact) mass is 240 g/mol. The number of amides is 2. The van der Waals surface area contributed by atoms with Gasteiger partial charge in [-0.1, -0.05) is 0 Å². The molecule has 0 saturated carbocycles. The van der Waals surface area contributed by atoms with Crippen LogP contribution in [0.15, 0.2) is 0 Å². The number of urea groups is 1. The van der Waals surface area contributed by atoms with E-state index in [4.69, 9.17) is 0 Å². The van der Waals surface area contributed by atoms with Gasteiger partial charge in [-0.15, -0.1) is 0 Å². The van der Waals surface area contributed by atoms with Gasteiger partial charge in [-0.3, -0.25) is 0 Å². The van der Waals surface area contributed by atoms with Gasteiger partial charge in [-0.2, -0.15) is 0 Å². The molecule has 2 heterocycles. The Morgan fingerprint density at radius 1 is 1.29 bits per heavy atom. The lowest BCUT2D eigenvalue weighted by Crippen LogP contribution is -2.46. The molecule has 98 valence electrons. The molecule has 2 aliphatic heterocycles. The van der Waals surface area contributed by atoms with Crippen LogP contribution in [0.3, 0.4) is 0 Å². The van der Waals surface area contributed by atoms with Crippen molar-refractivity contribution in [3.63, 3.8) is 0 Å². The Morgan fingerprint density at radius 2 is 2.12 bits per heavy atom. The molecule has 17 heavy (non-hydrogen) atoms. The summed E-state index contributed by atoms with van der Waals surface area (Å²) < 4.78 is 0. The van der Waals surface area contributed by atoms with Gasteiger partial charge in [0.2, 0.25) is 0 Å². The van der Waals surface area contributed by atoms with Crippen LogP contribution in [0.1, 0.15) is 25.7 Å². The molecule has 0 bridgehead atoms. The van der Waals surface area contributed by atoms with Gasteiger partial charge >= 0.3 is 6.03 Å². The lowest BCUT2D eigenvalue weighted by atomic mass is 10.2. The van der Waals surface area contributed by atoms with Crippen molar-refractivity contribution in [2.24, 2.45) is 0 Å². The highest BCUT2D eigenvalue weighted by molar-refractivity contribution is 5.73. The maximum atomic E-state index is 11.6. The zero-order chi connectivity index (χ0) is 12.1. The Kier molecular flexibility index (Phi) is 4.62. The van der Waals surface area contributed by atoms with E-state index in [0.717, 1.165) is 26.2 Å². The molecule has 2 amide bonds. The van der Waals surface area contributed by atoms with Crippen molar-refractivity contribution in [2.45, 2.75) is 37.8 Å². The molecule has 2 fully saturated rings. The molecule has 0 aromatic heterocycles. The van der Waals surface area contributed by atoms with E-state index in [2.05, 4.69) is 27.9 Å². The fraction of sp³-hybridized carbons (Fsp3) is 0.917. The number of carbonyl (C=O) groups is 1. The van der Waals surface area contributed by atoms with Crippen molar-refractivity contribution >= 4 is 6.03 Å². The Labute approximate surface area is 103 Å².